The third-order valence-electron chi connectivity index (χ3n) is 8.88. The van der Waals surface area contributed by atoms with Crippen molar-refractivity contribution in [3.8, 4) is 11.5 Å². The number of hydrogen-bond donors (Lipinski definition) is 2. The zero-order valence-corrected chi connectivity index (χ0v) is 25.3. The van der Waals surface area contributed by atoms with Crippen LogP contribution in [0.25, 0.3) is 0 Å². The second kappa shape index (κ2) is 11.1. The molecule has 11 nitrogen and oxygen atoms in total. The highest BCUT2D eigenvalue weighted by atomic mass is 16.6. The Morgan fingerprint density at radius 1 is 1.26 bits per heavy atom. The number of nitrogens with zero attached hydrogens (tertiary/aromatic N) is 1. The number of esters is 2. The fourth-order valence-corrected chi connectivity index (χ4v) is 6.99. The molecule has 2 heterocycles. The highest BCUT2D eigenvalue weighted by molar-refractivity contribution is 5.86. The van der Waals surface area contributed by atoms with Crippen LogP contribution < -0.4 is 14.8 Å². The maximum Gasteiger partial charge on any atom is 0.408 e. The van der Waals surface area contributed by atoms with E-state index in [1.165, 1.54) is 0 Å². The smallest absolute Gasteiger partial charge is 0.408 e. The number of nitrogens with one attached hydrogen (secondary N) is 1. The van der Waals surface area contributed by atoms with Gasteiger partial charge in [-0.05, 0) is 71.3 Å². The van der Waals surface area contributed by atoms with Crippen LogP contribution in [0.15, 0.2) is 24.0 Å². The summed E-state index contributed by atoms with van der Waals surface area (Å²) in [6.07, 6.45) is 2.61. The second-order valence-electron chi connectivity index (χ2n) is 12.7. The third kappa shape index (κ3) is 5.00. The van der Waals surface area contributed by atoms with Gasteiger partial charge in [-0.25, -0.2) is 9.59 Å². The lowest BCUT2D eigenvalue weighted by Crippen LogP contribution is -2.74. The Bertz CT molecular complexity index is 1290. The van der Waals surface area contributed by atoms with Gasteiger partial charge in [0.25, 0.3) is 0 Å². The normalized spacial score (nSPS) is 28.0. The van der Waals surface area contributed by atoms with Crippen molar-refractivity contribution in [1.29, 1.82) is 0 Å². The van der Waals surface area contributed by atoms with Gasteiger partial charge < -0.3 is 39.0 Å². The molecule has 0 saturated carbocycles. The number of ether oxygens (including phenoxy) is 5. The lowest BCUT2D eigenvalue weighted by Gasteiger charge is -2.61. The van der Waals surface area contributed by atoms with Crippen molar-refractivity contribution in [2.45, 2.75) is 101 Å². The maximum atomic E-state index is 13.4. The van der Waals surface area contributed by atoms with Crippen molar-refractivity contribution in [3.63, 3.8) is 0 Å². The van der Waals surface area contributed by atoms with Gasteiger partial charge in [0.1, 0.15) is 17.4 Å². The van der Waals surface area contributed by atoms with Gasteiger partial charge in [-0.3, -0.25) is 4.79 Å². The zero-order chi connectivity index (χ0) is 30.4. The summed E-state index contributed by atoms with van der Waals surface area (Å²) in [7, 11) is 3.59. The van der Waals surface area contributed by atoms with E-state index < -0.39 is 53.2 Å². The molecule has 0 unspecified atom stereocenters. The first kappa shape index (κ1) is 30.2. The number of hydrogen-bond acceptors (Lipinski definition) is 10. The van der Waals surface area contributed by atoms with Crippen LogP contribution in [0.1, 0.15) is 70.9 Å². The summed E-state index contributed by atoms with van der Waals surface area (Å²) in [4.78, 5) is 40.9. The van der Waals surface area contributed by atoms with E-state index in [1.54, 1.807) is 34.0 Å². The predicted octanol–water partition coefficient (Wildman–Crippen LogP) is 3.14. The number of aliphatic hydroxyl groups is 1. The summed E-state index contributed by atoms with van der Waals surface area (Å²) in [5.74, 6) is -0.104. The van der Waals surface area contributed by atoms with E-state index in [2.05, 4.69) is 10.2 Å². The lowest BCUT2D eigenvalue weighted by atomic mass is 9.50. The topological polar surface area (TPSA) is 133 Å². The Hall–Kier alpha value is -3.31. The second-order valence-corrected chi connectivity index (χ2v) is 12.7. The number of carbonyl (C=O) groups excluding carboxylic acids is 3. The van der Waals surface area contributed by atoms with Crippen molar-refractivity contribution in [2.75, 3.05) is 27.3 Å². The molecule has 2 bridgehead atoms. The van der Waals surface area contributed by atoms with Crippen LogP contribution in [0.5, 0.6) is 11.5 Å². The molecule has 4 aliphatic rings. The van der Waals surface area contributed by atoms with Crippen LogP contribution in [0.4, 0.5) is 4.79 Å². The van der Waals surface area contributed by atoms with Gasteiger partial charge in [0.05, 0.1) is 31.2 Å². The summed E-state index contributed by atoms with van der Waals surface area (Å²) in [5, 5.41) is 14.8. The maximum absolute atomic E-state index is 13.4. The molecule has 1 spiro atoms. The molecule has 230 valence electrons. The van der Waals surface area contributed by atoms with Crippen molar-refractivity contribution >= 4 is 18.0 Å². The number of carbonyl (C=O) groups is 3. The first-order valence-corrected chi connectivity index (χ1v) is 14.7. The SMILES string of the molecule is CCCCOC(=O)[C@H](CC(=O)OC1=CC[C@@]2(O)[C@H]3Cc4ccc(OC)c5c4[C@@]2(CCN3C)[C@H]1O5)NC(=O)OC(C)(C)C. The predicted molar refractivity (Wildman–Crippen MR) is 151 cm³/mol. The van der Waals surface area contributed by atoms with Gasteiger partial charge in [-0.1, -0.05) is 19.4 Å². The fraction of sp³-hybridized carbons (Fsp3) is 0.645. The monoisotopic (exact) mass is 586 g/mol. The molecule has 11 heteroatoms. The molecule has 1 amide bonds. The standard InChI is InChI=1S/C31H42N2O9/c1-7-8-15-39-27(35)19(32-28(36)42-29(2,3)4)17-23(34)40-21-11-12-31(37)22-16-18-9-10-20(38-6)25-24(18)30(31,26(21)41-25)13-14-33(22)5/h9-11,19,22,26,37H,7-8,12-17H2,1-6H3,(H,32,36)/t19-,22+,26-,30-,31+/m0/s1. The number of alkyl carbamates (subject to hydrolysis) is 1. The Kier molecular flexibility index (Phi) is 7.95. The highest BCUT2D eigenvalue weighted by Gasteiger charge is 2.72. The van der Waals surface area contributed by atoms with Crippen molar-refractivity contribution < 1.29 is 43.2 Å². The van der Waals surface area contributed by atoms with E-state index in [-0.39, 0.29) is 24.8 Å². The van der Waals surface area contributed by atoms with E-state index in [0.29, 0.717) is 30.8 Å². The first-order chi connectivity index (χ1) is 19.8. The number of rotatable bonds is 9. The van der Waals surface area contributed by atoms with Crippen LogP contribution >= 0.6 is 0 Å². The molecule has 1 aromatic carbocycles. The molecular formula is C31H42N2O9. The minimum absolute atomic E-state index is 0.141. The first-order valence-electron chi connectivity index (χ1n) is 14.7. The van der Waals surface area contributed by atoms with Crippen LogP contribution in [-0.2, 0) is 35.6 Å². The highest BCUT2D eigenvalue weighted by Crippen LogP contribution is 2.65. The summed E-state index contributed by atoms with van der Waals surface area (Å²) in [5.41, 5.74) is -0.776. The minimum Gasteiger partial charge on any atom is -0.493 e. The third-order valence-corrected chi connectivity index (χ3v) is 8.88. The molecule has 42 heavy (non-hydrogen) atoms. The quantitative estimate of drug-likeness (QED) is 0.253. The number of methoxy groups -OCH3 is 1. The Morgan fingerprint density at radius 2 is 2.02 bits per heavy atom. The number of likely N-dealkylation sites (tertiary alicyclic amines) is 1. The van der Waals surface area contributed by atoms with E-state index >= 15 is 0 Å². The molecular weight excluding hydrogens is 544 g/mol. The molecule has 2 aliphatic carbocycles. The number of likely N-dealkylation sites (N-methyl/N-ethyl adjacent to an activating group) is 1. The number of piperidine rings is 1. The lowest BCUT2D eigenvalue weighted by molar-refractivity contribution is -0.170. The molecule has 5 rings (SSSR count). The average Bonchev–Trinajstić information content (AvgIpc) is 3.27. The fourth-order valence-electron chi connectivity index (χ4n) is 6.99. The Labute approximate surface area is 246 Å². The summed E-state index contributed by atoms with van der Waals surface area (Å²) in [6.45, 7) is 7.95. The largest absolute Gasteiger partial charge is 0.493 e. The summed E-state index contributed by atoms with van der Waals surface area (Å²) in [6, 6.07) is 2.45. The molecule has 1 fully saturated rings. The Balaban J connectivity index is 1.40. The number of benzene rings is 1. The van der Waals surface area contributed by atoms with Gasteiger partial charge in [0.15, 0.2) is 17.6 Å². The molecule has 2 aliphatic heterocycles. The van der Waals surface area contributed by atoms with Gasteiger partial charge in [0, 0.05) is 18.0 Å². The van der Waals surface area contributed by atoms with Gasteiger partial charge >= 0.3 is 18.0 Å². The Morgan fingerprint density at radius 3 is 2.71 bits per heavy atom. The molecule has 5 atom stereocenters. The van der Waals surface area contributed by atoms with Crippen LogP contribution in [-0.4, -0.2) is 84.7 Å². The van der Waals surface area contributed by atoms with Crippen LogP contribution in [0.3, 0.4) is 0 Å². The molecule has 0 aromatic heterocycles. The van der Waals surface area contributed by atoms with E-state index in [4.69, 9.17) is 23.7 Å². The van der Waals surface area contributed by atoms with Crippen LogP contribution in [0.2, 0.25) is 0 Å². The molecule has 0 radical (unpaired) electrons. The zero-order valence-electron chi connectivity index (χ0n) is 25.3. The van der Waals surface area contributed by atoms with Gasteiger partial charge in [-0.2, -0.15) is 0 Å². The van der Waals surface area contributed by atoms with Gasteiger partial charge in [-0.15, -0.1) is 0 Å². The van der Waals surface area contributed by atoms with Crippen LogP contribution in [0, 0.1) is 0 Å². The summed E-state index contributed by atoms with van der Waals surface area (Å²) >= 11 is 0. The average molecular weight is 587 g/mol. The van der Waals surface area contributed by atoms with Crippen molar-refractivity contribution in [3.05, 3.63) is 35.1 Å². The minimum atomic E-state index is -1.31. The van der Waals surface area contributed by atoms with Gasteiger partial charge in [0.2, 0.25) is 0 Å². The molecule has 1 saturated heterocycles. The van der Waals surface area contributed by atoms with E-state index in [9.17, 15) is 19.5 Å². The molecule has 2 N–H and O–H groups in total. The summed E-state index contributed by atoms with van der Waals surface area (Å²) < 4.78 is 28.7. The number of amides is 1. The van der Waals surface area contributed by atoms with E-state index in [0.717, 1.165) is 24.1 Å². The van der Waals surface area contributed by atoms with E-state index in [1.807, 2.05) is 26.1 Å². The molecule has 1 aromatic rings. The van der Waals surface area contributed by atoms with Crippen molar-refractivity contribution in [2.24, 2.45) is 0 Å². The number of unbranched alkanes of at least 4 members (excludes halogenated alkanes) is 1. The van der Waals surface area contributed by atoms with Crippen molar-refractivity contribution in [1.82, 2.24) is 10.2 Å².